The second-order valence-electron chi connectivity index (χ2n) is 8.15. The first-order valence-corrected chi connectivity index (χ1v) is 10.7. The Balaban J connectivity index is 1.42. The van der Waals surface area contributed by atoms with Crippen LogP contribution in [0, 0.1) is 24.5 Å². The van der Waals surface area contributed by atoms with Crippen LogP contribution in [0.5, 0.6) is 5.75 Å². The van der Waals surface area contributed by atoms with E-state index in [1.807, 2.05) is 20.0 Å². The van der Waals surface area contributed by atoms with Crippen molar-refractivity contribution in [3.05, 3.63) is 59.1 Å². The lowest BCUT2D eigenvalue weighted by Crippen LogP contribution is -2.41. The second kappa shape index (κ2) is 10.0. The summed E-state index contributed by atoms with van der Waals surface area (Å²) in [7, 11) is 1.93. The van der Waals surface area contributed by atoms with Gasteiger partial charge in [0, 0.05) is 12.1 Å². The molecule has 0 aliphatic carbocycles. The number of benzene rings is 1. The average Bonchev–Trinajstić information content (AvgIpc) is 3.28. The third-order valence-corrected chi connectivity index (χ3v) is 5.57. The number of carbonyl (C=O) groups excluding carboxylic acids is 2. The molecule has 1 aliphatic rings. The Morgan fingerprint density at radius 3 is 2.68 bits per heavy atom. The molecule has 0 radical (unpaired) electrons. The second-order valence-corrected chi connectivity index (χ2v) is 8.15. The van der Waals surface area contributed by atoms with Crippen LogP contribution >= 0.6 is 0 Å². The first-order chi connectivity index (χ1) is 16.3. The van der Waals surface area contributed by atoms with Gasteiger partial charge in [0.2, 0.25) is 11.7 Å². The molecule has 1 aromatic carbocycles. The first kappa shape index (κ1) is 23.4. The normalized spacial score (nSPS) is 14.7. The number of halogens is 2. The van der Waals surface area contributed by atoms with Gasteiger partial charge in [0.25, 0.3) is 11.8 Å². The number of hydrogen-bond acceptors (Lipinski definition) is 8. The first-order valence-electron chi connectivity index (χ1n) is 10.7. The van der Waals surface area contributed by atoms with E-state index in [2.05, 4.69) is 25.3 Å². The molecule has 4 rings (SSSR count). The Bertz CT molecular complexity index is 1190. The van der Waals surface area contributed by atoms with E-state index in [9.17, 15) is 18.4 Å². The Morgan fingerprint density at radius 2 is 1.97 bits per heavy atom. The third kappa shape index (κ3) is 5.25. The summed E-state index contributed by atoms with van der Waals surface area (Å²) in [6, 6.07) is 5.50. The summed E-state index contributed by atoms with van der Waals surface area (Å²) >= 11 is 0. The highest BCUT2D eigenvalue weighted by Gasteiger charge is 2.28. The maximum atomic E-state index is 14.9. The molecule has 2 aromatic heterocycles. The Labute approximate surface area is 194 Å². The molecule has 0 unspecified atom stereocenters. The number of aromatic nitrogens is 3. The molecule has 1 aliphatic heterocycles. The van der Waals surface area contributed by atoms with Crippen molar-refractivity contribution in [1.29, 1.82) is 0 Å². The van der Waals surface area contributed by atoms with Crippen LogP contribution in [-0.4, -0.2) is 52.0 Å². The van der Waals surface area contributed by atoms with E-state index >= 15 is 0 Å². The van der Waals surface area contributed by atoms with Crippen LogP contribution in [0.1, 0.15) is 34.7 Å². The molecule has 11 heteroatoms. The molecule has 3 aromatic rings. The van der Waals surface area contributed by atoms with Crippen molar-refractivity contribution in [2.45, 2.75) is 26.4 Å². The molecular weight excluding hydrogens is 448 g/mol. The third-order valence-electron chi connectivity index (χ3n) is 5.57. The van der Waals surface area contributed by atoms with Crippen molar-refractivity contribution in [3.8, 4) is 17.3 Å². The average molecular weight is 471 g/mol. The van der Waals surface area contributed by atoms with Crippen LogP contribution < -0.4 is 10.1 Å². The van der Waals surface area contributed by atoms with E-state index in [4.69, 9.17) is 9.26 Å². The summed E-state index contributed by atoms with van der Waals surface area (Å²) in [6.45, 7) is 2.98. The molecule has 2 amide bonds. The lowest BCUT2D eigenvalue weighted by atomic mass is 9.96. The summed E-state index contributed by atoms with van der Waals surface area (Å²) in [5.74, 6) is -4.57. The van der Waals surface area contributed by atoms with Crippen molar-refractivity contribution >= 4 is 11.8 Å². The minimum atomic E-state index is -1.23. The number of ether oxygens (including phenoxy) is 1. The molecule has 178 valence electrons. The summed E-state index contributed by atoms with van der Waals surface area (Å²) in [5.41, 5.74) is 0.561. The van der Waals surface area contributed by atoms with Gasteiger partial charge >= 0.3 is 0 Å². The van der Waals surface area contributed by atoms with Crippen molar-refractivity contribution in [1.82, 2.24) is 25.3 Å². The molecule has 1 fully saturated rings. The summed E-state index contributed by atoms with van der Waals surface area (Å²) in [5, 5.41) is 5.91. The molecule has 3 heterocycles. The highest BCUT2D eigenvalue weighted by Crippen LogP contribution is 2.25. The van der Waals surface area contributed by atoms with Gasteiger partial charge in [-0.2, -0.15) is 4.98 Å². The van der Waals surface area contributed by atoms with Gasteiger partial charge in [0.1, 0.15) is 17.1 Å². The maximum Gasteiger partial charge on any atom is 0.264 e. The maximum absolute atomic E-state index is 14.9. The number of pyridine rings is 1. The minimum absolute atomic E-state index is 0.0320. The largest absolute Gasteiger partial charge is 0.481 e. The molecule has 0 atom stereocenters. The molecule has 0 saturated carbocycles. The van der Waals surface area contributed by atoms with Crippen LogP contribution in [0.2, 0.25) is 0 Å². The number of amides is 2. The van der Waals surface area contributed by atoms with E-state index in [0.29, 0.717) is 31.6 Å². The van der Waals surface area contributed by atoms with Gasteiger partial charge < -0.3 is 14.2 Å². The van der Waals surface area contributed by atoms with E-state index < -0.39 is 34.8 Å². The molecule has 1 saturated heterocycles. The highest BCUT2D eigenvalue weighted by atomic mass is 19.1. The van der Waals surface area contributed by atoms with Gasteiger partial charge in [-0.25, -0.2) is 8.78 Å². The molecule has 0 bridgehead atoms. The standard InChI is InChI=1S/C23H23F2N5O4/c1-13-3-5-16(26-11-13)21-27-18(34-29-21)12-33-17-6-4-15(24)19(20(17)25)23(32)28-22(31)14-7-9-30(2)10-8-14/h3-6,11,14H,7-10,12H2,1-2H3,(H,28,31,32). The predicted molar refractivity (Wildman–Crippen MR) is 116 cm³/mol. The molecule has 0 spiro atoms. The van der Waals surface area contributed by atoms with Crippen LogP contribution in [0.3, 0.4) is 0 Å². The SMILES string of the molecule is Cc1ccc(-c2noc(COc3ccc(F)c(C(=O)NC(=O)C4CCN(C)CC4)c3F)n2)nc1. The van der Waals surface area contributed by atoms with Gasteiger partial charge in [0.15, 0.2) is 18.2 Å². The molecule has 34 heavy (non-hydrogen) atoms. The lowest BCUT2D eigenvalue weighted by molar-refractivity contribution is -0.125. The lowest BCUT2D eigenvalue weighted by Gasteiger charge is -2.27. The summed E-state index contributed by atoms with van der Waals surface area (Å²) < 4.78 is 39.6. The van der Waals surface area contributed by atoms with Gasteiger partial charge in [-0.1, -0.05) is 11.2 Å². The fourth-order valence-corrected chi connectivity index (χ4v) is 3.56. The fraction of sp³-hybridized carbons (Fsp3) is 0.348. The smallest absolute Gasteiger partial charge is 0.264 e. The predicted octanol–water partition coefficient (Wildman–Crippen LogP) is 2.90. The van der Waals surface area contributed by atoms with E-state index in [0.717, 1.165) is 17.7 Å². The zero-order chi connectivity index (χ0) is 24.2. The van der Waals surface area contributed by atoms with E-state index in [-0.39, 0.29) is 24.2 Å². The van der Waals surface area contributed by atoms with Crippen LogP contribution in [0.15, 0.2) is 35.0 Å². The monoisotopic (exact) mass is 471 g/mol. The fourth-order valence-electron chi connectivity index (χ4n) is 3.56. The molecule has 9 nitrogen and oxygen atoms in total. The molecule has 1 N–H and O–H groups in total. The van der Waals surface area contributed by atoms with Crippen molar-refractivity contribution in [3.63, 3.8) is 0 Å². The summed E-state index contributed by atoms with van der Waals surface area (Å²) in [4.78, 5) is 35.3. The Morgan fingerprint density at radius 1 is 1.21 bits per heavy atom. The number of piperidine rings is 1. The Kier molecular flexibility index (Phi) is 6.92. The van der Waals surface area contributed by atoms with Gasteiger partial charge in [0.05, 0.1) is 0 Å². The van der Waals surface area contributed by atoms with Crippen molar-refractivity contribution in [2.75, 3.05) is 20.1 Å². The molecular formula is C23H23F2N5O4. The topological polar surface area (TPSA) is 110 Å². The van der Waals surface area contributed by atoms with Crippen LogP contribution in [0.4, 0.5) is 8.78 Å². The Hall–Kier alpha value is -3.73. The van der Waals surface area contributed by atoms with Gasteiger partial charge in [-0.3, -0.25) is 19.9 Å². The zero-order valence-corrected chi connectivity index (χ0v) is 18.7. The van der Waals surface area contributed by atoms with Crippen molar-refractivity contribution in [2.24, 2.45) is 5.92 Å². The highest BCUT2D eigenvalue weighted by molar-refractivity contribution is 6.05. The number of aryl methyl sites for hydroxylation is 1. The van der Waals surface area contributed by atoms with Crippen LogP contribution in [-0.2, 0) is 11.4 Å². The number of carbonyl (C=O) groups is 2. The van der Waals surface area contributed by atoms with E-state index in [1.54, 1.807) is 12.3 Å². The number of hydrogen-bond donors (Lipinski definition) is 1. The number of nitrogens with zero attached hydrogens (tertiary/aromatic N) is 4. The van der Waals surface area contributed by atoms with Gasteiger partial charge in [-0.15, -0.1) is 0 Å². The number of imide groups is 1. The van der Waals surface area contributed by atoms with Crippen LogP contribution in [0.25, 0.3) is 11.5 Å². The quantitative estimate of drug-likeness (QED) is 0.547. The zero-order valence-electron chi connectivity index (χ0n) is 18.7. The van der Waals surface area contributed by atoms with Crippen molar-refractivity contribution < 1.29 is 27.6 Å². The van der Waals surface area contributed by atoms with Gasteiger partial charge in [-0.05, 0) is 63.7 Å². The van der Waals surface area contributed by atoms with E-state index in [1.165, 1.54) is 0 Å². The number of rotatable bonds is 6. The number of likely N-dealkylation sites (tertiary alicyclic amines) is 1. The summed E-state index contributed by atoms with van der Waals surface area (Å²) in [6.07, 6.45) is 2.78. The number of nitrogens with one attached hydrogen (secondary N) is 1. The minimum Gasteiger partial charge on any atom is -0.481 e.